The van der Waals surface area contributed by atoms with Gasteiger partial charge < -0.3 is 10.2 Å². The molecule has 2 rings (SSSR count). The van der Waals surface area contributed by atoms with Crippen LogP contribution in [0.15, 0.2) is 36.4 Å². The van der Waals surface area contributed by atoms with Gasteiger partial charge in [0.2, 0.25) is 0 Å². The van der Waals surface area contributed by atoms with Gasteiger partial charge in [0.25, 0.3) is 0 Å². The Bertz CT molecular complexity index is 755. The van der Waals surface area contributed by atoms with Crippen molar-refractivity contribution >= 4 is 24.1 Å². The van der Waals surface area contributed by atoms with Crippen molar-refractivity contribution in [2.75, 3.05) is 0 Å². The molecule has 0 aliphatic heterocycles. The molecule has 2 N–H and O–H groups in total. The van der Waals surface area contributed by atoms with E-state index in [4.69, 9.17) is 10.2 Å². The Morgan fingerprint density at radius 2 is 1.45 bits per heavy atom. The second kappa shape index (κ2) is 6.26. The summed E-state index contributed by atoms with van der Waals surface area (Å²) in [5.41, 5.74) is 4.03. The molecule has 2 aromatic rings. The molecule has 0 saturated carbocycles. The first kappa shape index (κ1) is 15.5. The molecule has 0 atom stereocenters. The fourth-order valence-electron chi connectivity index (χ4n) is 2.18. The van der Waals surface area contributed by atoms with E-state index in [0.29, 0.717) is 5.56 Å². The zero-order valence-corrected chi connectivity index (χ0v) is 12.3. The normalized spacial score (nSPS) is 10.8. The van der Waals surface area contributed by atoms with Crippen LogP contribution in [0.1, 0.15) is 43.0 Å². The first-order valence-electron chi connectivity index (χ1n) is 6.75. The van der Waals surface area contributed by atoms with E-state index in [2.05, 4.69) is 0 Å². The van der Waals surface area contributed by atoms with Gasteiger partial charge in [-0.1, -0.05) is 30.4 Å². The fraction of sp³-hybridized carbons (Fsp3) is 0.111. The van der Waals surface area contributed by atoms with E-state index in [-0.39, 0.29) is 5.56 Å². The smallest absolute Gasteiger partial charge is 0.335 e. The van der Waals surface area contributed by atoms with Gasteiger partial charge in [0.15, 0.2) is 0 Å². The third-order valence-electron chi connectivity index (χ3n) is 3.67. The average molecular weight is 296 g/mol. The first-order chi connectivity index (χ1) is 10.4. The maximum atomic E-state index is 11.1. The molecule has 0 aliphatic carbocycles. The van der Waals surface area contributed by atoms with E-state index in [0.717, 1.165) is 22.3 Å². The molecular weight excluding hydrogens is 280 g/mol. The highest BCUT2D eigenvalue weighted by Gasteiger charge is 2.10. The van der Waals surface area contributed by atoms with Crippen molar-refractivity contribution in [1.29, 1.82) is 0 Å². The van der Waals surface area contributed by atoms with E-state index in [1.54, 1.807) is 43.3 Å². The van der Waals surface area contributed by atoms with Gasteiger partial charge in [0.05, 0.1) is 11.1 Å². The Kier molecular flexibility index (Phi) is 4.41. The molecule has 22 heavy (non-hydrogen) atoms. The number of carboxylic acids is 2. The van der Waals surface area contributed by atoms with Gasteiger partial charge in [-0.15, -0.1) is 0 Å². The molecular formula is C18H16O4. The van der Waals surface area contributed by atoms with E-state index in [9.17, 15) is 9.59 Å². The zero-order valence-electron chi connectivity index (χ0n) is 12.3. The van der Waals surface area contributed by atoms with Crippen LogP contribution in [-0.2, 0) is 0 Å². The second-order valence-corrected chi connectivity index (χ2v) is 5.02. The van der Waals surface area contributed by atoms with Crippen molar-refractivity contribution in [3.63, 3.8) is 0 Å². The van der Waals surface area contributed by atoms with Gasteiger partial charge in [-0.05, 0) is 54.3 Å². The van der Waals surface area contributed by atoms with Crippen molar-refractivity contribution in [3.8, 4) is 0 Å². The second-order valence-electron chi connectivity index (χ2n) is 5.02. The number of hydrogen-bond acceptors (Lipinski definition) is 2. The van der Waals surface area contributed by atoms with Crippen LogP contribution >= 0.6 is 0 Å². The summed E-state index contributed by atoms with van der Waals surface area (Å²) in [7, 11) is 0. The molecule has 0 radical (unpaired) electrons. The summed E-state index contributed by atoms with van der Waals surface area (Å²) < 4.78 is 0. The zero-order chi connectivity index (χ0) is 16.3. The van der Waals surface area contributed by atoms with Crippen LogP contribution in [0, 0.1) is 13.8 Å². The first-order valence-corrected chi connectivity index (χ1v) is 6.75. The minimum Gasteiger partial charge on any atom is -0.478 e. The standard InChI is InChI=1S/C18H16O4/c1-11-12(2)16(18(21)22)10-9-14(11)6-3-13-4-7-15(8-5-13)17(19)20/h3-10H,1-2H3,(H,19,20)(H,21,22). The quantitative estimate of drug-likeness (QED) is 0.840. The molecule has 4 nitrogen and oxygen atoms in total. The van der Waals surface area contributed by atoms with Crippen LogP contribution < -0.4 is 0 Å². The minimum absolute atomic E-state index is 0.245. The lowest BCUT2D eigenvalue weighted by molar-refractivity contribution is 0.0685. The summed E-state index contributed by atoms with van der Waals surface area (Å²) in [5.74, 6) is -1.88. The van der Waals surface area contributed by atoms with Gasteiger partial charge >= 0.3 is 11.9 Å². The van der Waals surface area contributed by atoms with Crippen LogP contribution in [0.5, 0.6) is 0 Å². The Labute approximate surface area is 128 Å². The van der Waals surface area contributed by atoms with Gasteiger partial charge in [0, 0.05) is 0 Å². The molecule has 0 heterocycles. The Morgan fingerprint density at radius 3 is 2.00 bits per heavy atom. The van der Waals surface area contributed by atoms with Crippen LogP contribution in [-0.4, -0.2) is 22.2 Å². The van der Waals surface area contributed by atoms with Crippen molar-refractivity contribution < 1.29 is 19.8 Å². The van der Waals surface area contributed by atoms with Crippen LogP contribution in [0.2, 0.25) is 0 Å². The van der Waals surface area contributed by atoms with Crippen molar-refractivity contribution in [3.05, 3.63) is 69.8 Å². The van der Waals surface area contributed by atoms with Gasteiger partial charge in [-0.2, -0.15) is 0 Å². The third-order valence-corrected chi connectivity index (χ3v) is 3.67. The predicted octanol–water partition coefficient (Wildman–Crippen LogP) is 3.87. The van der Waals surface area contributed by atoms with Crippen LogP contribution in [0.3, 0.4) is 0 Å². The summed E-state index contributed by atoms with van der Waals surface area (Å²) in [5, 5.41) is 17.9. The predicted molar refractivity (Wildman–Crippen MR) is 85.2 cm³/mol. The molecule has 112 valence electrons. The Morgan fingerprint density at radius 1 is 0.818 bits per heavy atom. The van der Waals surface area contributed by atoms with E-state index in [1.807, 2.05) is 19.1 Å². The molecule has 0 unspecified atom stereocenters. The maximum absolute atomic E-state index is 11.1. The topological polar surface area (TPSA) is 74.6 Å². The number of rotatable bonds is 4. The SMILES string of the molecule is Cc1c(C=Cc2ccc(C(=O)O)cc2)ccc(C(=O)O)c1C. The summed E-state index contributed by atoms with van der Waals surface area (Å²) >= 11 is 0. The minimum atomic E-state index is -0.953. The van der Waals surface area contributed by atoms with Gasteiger partial charge in [0.1, 0.15) is 0 Å². The summed E-state index contributed by atoms with van der Waals surface area (Å²) in [6.45, 7) is 3.67. The fourth-order valence-corrected chi connectivity index (χ4v) is 2.18. The number of carbonyl (C=O) groups is 2. The monoisotopic (exact) mass is 296 g/mol. The summed E-state index contributed by atoms with van der Waals surface area (Å²) in [4.78, 5) is 21.9. The highest BCUT2D eigenvalue weighted by Crippen LogP contribution is 2.20. The van der Waals surface area contributed by atoms with Crippen molar-refractivity contribution in [2.45, 2.75) is 13.8 Å². The van der Waals surface area contributed by atoms with Crippen molar-refractivity contribution in [2.24, 2.45) is 0 Å². The molecule has 0 aromatic heterocycles. The van der Waals surface area contributed by atoms with Crippen LogP contribution in [0.25, 0.3) is 12.2 Å². The average Bonchev–Trinajstić information content (AvgIpc) is 2.48. The molecule has 4 heteroatoms. The van der Waals surface area contributed by atoms with Gasteiger partial charge in [-0.25, -0.2) is 9.59 Å². The summed E-state index contributed by atoms with van der Waals surface area (Å²) in [6, 6.07) is 9.93. The van der Waals surface area contributed by atoms with E-state index < -0.39 is 11.9 Å². The molecule has 0 aliphatic rings. The lowest BCUT2D eigenvalue weighted by Crippen LogP contribution is -2.02. The highest BCUT2D eigenvalue weighted by molar-refractivity contribution is 5.91. The molecule has 2 aromatic carbocycles. The summed E-state index contributed by atoms with van der Waals surface area (Å²) in [6.07, 6.45) is 3.76. The van der Waals surface area contributed by atoms with Gasteiger partial charge in [-0.3, -0.25) is 0 Å². The molecule has 0 fully saturated rings. The third kappa shape index (κ3) is 3.23. The maximum Gasteiger partial charge on any atom is 0.335 e. The molecule has 0 bridgehead atoms. The number of carboxylic acid groups (broad SMARTS) is 2. The molecule has 0 saturated heterocycles. The molecule has 0 spiro atoms. The van der Waals surface area contributed by atoms with E-state index in [1.165, 1.54) is 0 Å². The molecule has 0 amide bonds. The lowest BCUT2D eigenvalue weighted by Gasteiger charge is -2.08. The number of hydrogen-bond donors (Lipinski definition) is 2. The van der Waals surface area contributed by atoms with Crippen LogP contribution in [0.4, 0.5) is 0 Å². The largest absolute Gasteiger partial charge is 0.478 e. The van der Waals surface area contributed by atoms with E-state index >= 15 is 0 Å². The number of aromatic carboxylic acids is 2. The Hall–Kier alpha value is -2.88. The Balaban J connectivity index is 2.28. The number of benzene rings is 2. The van der Waals surface area contributed by atoms with Crippen molar-refractivity contribution in [1.82, 2.24) is 0 Å². The lowest BCUT2D eigenvalue weighted by atomic mass is 9.97. The highest BCUT2D eigenvalue weighted by atomic mass is 16.4.